The Balaban J connectivity index is 3.25. The molecule has 1 atom stereocenters. The van der Waals surface area contributed by atoms with Crippen molar-refractivity contribution in [3.05, 3.63) is 0 Å². The van der Waals surface area contributed by atoms with Crippen LogP contribution in [-0.2, 0) is 0 Å². The van der Waals surface area contributed by atoms with Crippen LogP contribution < -0.4 is 0 Å². The molecule has 0 aromatic carbocycles. The van der Waals surface area contributed by atoms with Crippen LogP contribution >= 0.6 is 0 Å². The Kier molecular flexibility index (Phi) is 4.28. The summed E-state index contributed by atoms with van der Waals surface area (Å²) in [7, 11) is 0. The van der Waals surface area contributed by atoms with Crippen LogP contribution in [0.25, 0.3) is 0 Å². The van der Waals surface area contributed by atoms with Crippen LogP contribution in [0.1, 0.15) is 0 Å². The SMILES string of the molecule is FC1(F)N2C(F)(F)C(F)(F)C(F)(F)C(F)(F)C2(F)C(F)(F)C(F)(F)C(F)(F)C1(F)F. The van der Waals surface area contributed by atoms with Gasteiger partial charge in [0.2, 0.25) is 0 Å². The summed E-state index contributed by atoms with van der Waals surface area (Å²) < 4.78 is 256. The van der Waals surface area contributed by atoms with E-state index in [9.17, 15) is 83.4 Å². The molecule has 2 fully saturated rings. The first-order valence-electron chi connectivity index (χ1n) is 6.51. The van der Waals surface area contributed by atoms with Gasteiger partial charge in [-0.25, -0.2) is 4.39 Å². The van der Waals surface area contributed by atoms with Crippen molar-refractivity contribution in [2.75, 3.05) is 0 Å². The van der Waals surface area contributed by atoms with Crippen molar-refractivity contribution >= 4 is 0 Å². The van der Waals surface area contributed by atoms with E-state index in [-0.39, 0.29) is 0 Å². The van der Waals surface area contributed by atoms with Crippen molar-refractivity contribution in [3.63, 3.8) is 0 Å². The Morgan fingerprint density at radius 3 is 0.733 bits per heavy atom. The quantitative estimate of drug-likeness (QED) is 0.312. The number of fused-ring (bicyclic) bond motifs is 1. The number of piperidine rings is 1. The molecule has 1 nitrogen and oxygen atoms in total. The van der Waals surface area contributed by atoms with Crippen molar-refractivity contribution in [2.24, 2.45) is 0 Å². The Bertz CT molecular complexity index is 750. The van der Waals surface area contributed by atoms with Gasteiger partial charge in [-0.1, -0.05) is 0 Å². The van der Waals surface area contributed by atoms with Gasteiger partial charge in [0.1, 0.15) is 0 Å². The highest BCUT2D eigenvalue weighted by Gasteiger charge is 3.08. The molecule has 2 heterocycles. The molecule has 2 rings (SSSR count). The van der Waals surface area contributed by atoms with Gasteiger partial charge in [-0.15, -0.1) is 4.90 Å². The van der Waals surface area contributed by atoms with Gasteiger partial charge in [0.25, 0.3) is 0 Å². The fourth-order valence-electron chi connectivity index (χ4n) is 2.71. The molecular formula is C10F19N. The first-order valence-corrected chi connectivity index (χ1v) is 6.51. The van der Waals surface area contributed by atoms with E-state index in [1.165, 1.54) is 0 Å². The predicted octanol–water partition coefficient (Wildman–Crippen LogP) is 5.61. The van der Waals surface area contributed by atoms with E-state index in [1.807, 2.05) is 0 Å². The van der Waals surface area contributed by atoms with Crippen LogP contribution in [0.4, 0.5) is 83.4 Å². The lowest BCUT2D eigenvalue weighted by Gasteiger charge is -2.56. The molecule has 1 unspecified atom stereocenters. The van der Waals surface area contributed by atoms with Crippen LogP contribution in [-0.4, -0.2) is 64.2 Å². The number of halogens is 19. The summed E-state index contributed by atoms with van der Waals surface area (Å²) in [5.74, 6) is -67.7. The molecule has 0 radical (unpaired) electrons. The lowest BCUT2D eigenvalue weighted by Crippen LogP contribution is -2.89. The smallest absolute Gasteiger partial charge is 0.212 e. The topological polar surface area (TPSA) is 3.24 Å². The van der Waals surface area contributed by atoms with E-state index in [0.717, 1.165) is 0 Å². The van der Waals surface area contributed by atoms with Gasteiger partial charge in [0, 0.05) is 0 Å². The van der Waals surface area contributed by atoms with Crippen molar-refractivity contribution < 1.29 is 83.4 Å². The first kappa shape index (κ1) is 24.9. The first-order chi connectivity index (χ1) is 12.6. The van der Waals surface area contributed by atoms with E-state index in [4.69, 9.17) is 0 Å². The number of rotatable bonds is 0. The zero-order chi connectivity index (χ0) is 24.6. The van der Waals surface area contributed by atoms with Crippen LogP contribution in [0.2, 0.25) is 0 Å². The predicted molar refractivity (Wildman–Crippen MR) is 50.2 cm³/mol. The second kappa shape index (κ2) is 5.16. The lowest BCUT2D eigenvalue weighted by molar-refractivity contribution is -0.544. The van der Waals surface area contributed by atoms with Crippen LogP contribution in [0, 0.1) is 0 Å². The van der Waals surface area contributed by atoms with Crippen LogP contribution in [0.5, 0.6) is 0 Å². The summed E-state index contributed by atoms with van der Waals surface area (Å²) in [5.41, 5.74) is 0. The average molecular weight is 495 g/mol. The molecule has 0 saturated carbocycles. The average Bonchev–Trinajstić information content (AvgIpc) is 2.51. The zero-order valence-corrected chi connectivity index (χ0v) is 12.6. The van der Waals surface area contributed by atoms with Gasteiger partial charge >= 0.3 is 59.3 Å². The second-order valence-corrected chi connectivity index (χ2v) is 6.06. The minimum atomic E-state index is -8.68. The van der Waals surface area contributed by atoms with Gasteiger partial charge in [0.15, 0.2) is 0 Å². The highest BCUT2D eigenvalue weighted by molar-refractivity contribution is 5.29. The Hall–Kier alpha value is -1.37. The van der Waals surface area contributed by atoms with Gasteiger partial charge in [-0.3, -0.25) is 0 Å². The highest BCUT2D eigenvalue weighted by atomic mass is 19.4. The maximum absolute atomic E-state index is 14.4. The largest absolute Gasteiger partial charge is 0.393 e. The summed E-state index contributed by atoms with van der Waals surface area (Å²) in [6.45, 7) is 0. The number of nitrogens with zero attached hydrogens (tertiary/aromatic N) is 1. The molecule has 0 N–H and O–H groups in total. The van der Waals surface area contributed by atoms with Crippen molar-refractivity contribution in [1.82, 2.24) is 4.90 Å². The Morgan fingerprint density at radius 2 is 0.467 bits per heavy atom. The van der Waals surface area contributed by atoms with Crippen LogP contribution in [0.15, 0.2) is 0 Å². The summed E-state index contributed by atoms with van der Waals surface area (Å²) in [4.78, 5) is -4.74. The maximum Gasteiger partial charge on any atom is 0.393 e. The van der Waals surface area contributed by atoms with Crippen molar-refractivity contribution in [1.29, 1.82) is 0 Å². The van der Waals surface area contributed by atoms with E-state index in [0.29, 0.717) is 0 Å². The summed E-state index contributed by atoms with van der Waals surface area (Å²) >= 11 is 0. The van der Waals surface area contributed by atoms with Crippen molar-refractivity contribution in [3.8, 4) is 0 Å². The summed E-state index contributed by atoms with van der Waals surface area (Å²) in [6, 6.07) is -16.7. The van der Waals surface area contributed by atoms with Crippen LogP contribution in [0.3, 0.4) is 0 Å². The minimum Gasteiger partial charge on any atom is -0.212 e. The molecule has 0 aliphatic carbocycles. The normalized spacial score (nSPS) is 38.9. The lowest BCUT2D eigenvalue weighted by atomic mass is 9.81. The zero-order valence-electron chi connectivity index (χ0n) is 12.6. The molecular weight excluding hydrogens is 495 g/mol. The number of hydrogen-bond acceptors (Lipinski definition) is 1. The molecule has 0 spiro atoms. The molecule has 0 aromatic rings. The molecule has 0 bridgehead atoms. The van der Waals surface area contributed by atoms with Gasteiger partial charge in [-0.05, 0) is 0 Å². The van der Waals surface area contributed by atoms with E-state index in [1.54, 1.807) is 0 Å². The van der Waals surface area contributed by atoms with E-state index in [2.05, 4.69) is 0 Å². The fraction of sp³-hybridized carbons (Fsp3) is 1.00. The van der Waals surface area contributed by atoms with E-state index < -0.39 is 64.2 Å². The fourth-order valence-corrected chi connectivity index (χ4v) is 2.71. The van der Waals surface area contributed by atoms with Gasteiger partial charge in [0.05, 0.1) is 0 Å². The monoisotopic (exact) mass is 495 g/mol. The Morgan fingerprint density at radius 1 is 0.267 bits per heavy atom. The molecule has 20 heteroatoms. The molecule has 178 valence electrons. The maximum atomic E-state index is 14.4. The highest BCUT2D eigenvalue weighted by Crippen LogP contribution is 2.75. The van der Waals surface area contributed by atoms with Crippen molar-refractivity contribution in [2.45, 2.75) is 59.3 Å². The third-order valence-electron chi connectivity index (χ3n) is 4.43. The molecule has 2 saturated heterocycles. The number of alkyl halides is 19. The van der Waals surface area contributed by atoms with Gasteiger partial charge < -0.3 is 0 Å². The molecule has 0 aromatic heterocycles. The van der Waals surface area contributed by atoms with Gasteiger partial charge in [-0.2, -0.15) is 79.0 Å². The second-order valence-electron chi connectivity index (χ2n) is 6.06. The third-order valence-corrected chi connectivity index (χ3v) is 4.43. The molecule has 30 heavy (non-hydrogen) atoms. The third kappa shape index (κ3) is 1.84. The standard InChI is InChI=1S/C10F19N/c11-1(12)2(13,14)6(21,22)9(26,27)30-8(25,4(1,17)18)5(19,20)3(15,16)7(23,24)10(30,28)29. The Labute approximate surface area is 149 Å². The molecule has 2 aliphatic heterocycles. The summed E-state index contributed by atoms with van der Waals surface area (Å²) in [6.07, 6.45) is 0. The van der Waals surface area contributed by atoms with E-state index >= 15 is 0 Å². The summed E-state index contributed by atoms with van der Waals surface area (Å²) in [5, 5.41) is 0. The molecule has 2 aliphatic rings. The molecule has 0 amide bonds. The minimum absolute atomic E-state index is 4.74. The number of hydrogen-bond donors (Lipinski definition) is 0.